The quantitative estimate of drug-likeness (QED) is 0.620. The first kappa shape index (κ1) is 10.1. The maximum atomic E-state index is 11.4. The fraction of sp³-hybridized carbons (Fsp3) is 0.818. The van der Waals surface area contributed by atoms with E-state index in [0.717, 1.165) is 0 Å². The molecule has 5 nitrogen and oxygen atoms in total. The van der Waals surface area contributed by atoms with Crippen molar-refractivity contribution in [3.8, 4) is 0 Å². The van der Waals surface area contributed by atoms with Crippen LogP contribution in [0.15, 0.2) is 0 Å². The molecule has 4 aliphatic rings. The van der Waals surface area contributed by atoms with E-state index in [0.29, 0.717) is 6.42 Å². The monoisotopic (exact) mass is 225 g/mol. The molecule has 0 amide bonds. The maximum Gasteiger partial charge on any atom is 0.324 e. The fourth-order valence-electron chi connectivity index (χ4n) is 4.94. The highest BCUT2D eigenvalue weighted by molar-refractivity contribution is 5.91. The number of carbonyl (C=O) groups is 2. The van der Waals surface area contributed by atoms with Gasteiger partial charge in [-0.2, -0.15) is 0 Å². The average Bonchev–Trinajstić information content (AvgIpc) is 2.62. The van der Waals surface area contributed by atoms with Crippen LogP contribution in [0.25, 0.3) is 0 Å². The molecule has 5 atom stereocenters. The molecule has 5 unspecified atom stereocenters. The summed E-state index contributed by atoms with van der Waals surface area (Å²) < 4.78 is 0. The van der Waals surface area contributed by atoms with Gasteiger partial charge in [-0.3, -0.25) is 9.59 Å². The highest BCUT2D eigenvalue weighted by atomic mass is 16.4. The van der Waals surface area contributed by atoms with E-state index >= 15 is 0 Å². The average molecular weight is 225 g/mol. The number of hydrogen-bond donors (Lipinski definition) is 3. The predicted octanol–water partition coefficient (Wildman–Crippen LogP) is 0.145. The molecule has 0 aromatic heterocycles. The maximum absolute atomic E-state index is 11.4. The van der Waals surface area contributed by atoms with Gasteiger partial charge >= 0.3 is 11.9 Å². The highest BCUT2D eigenvalue weighted by Gasteiger charge is 2.94. The Morgan fingerprint density at radius 1 is 1.19 bits per heavy atom. The Bertz CT molecular complexity index is 432. The summed E-state index contributed by atoms with van der Waals surface area (Å²) in [5.41, 5.74) is 3.57. The molecule has 0 radical (unpaired) electrons. The van der Waals surface area contributed by atoms with Crippen molar-refractivity contribution in [2.24, 2.45) is 34.3 Å². The van der Waals surface area contributed by atoms with E-state index < -0.39 is 22.9 Å². The number of carboxylic acid groups (broad SMARTS) is 2. The molecular formula is C11H15NO4. The third-order valence-electron chi connectivity index (χ3n) is 5.44. The van der Waals surface area contributed by atoms with Crippen molar-refractivity contribution >= 4 is 11.9 Å². The van der Waals surface area contributed by atoms with Crippen LogP contribution in [0.5, 0.6) is 0 Å². The standard InChI is InChI=1S/C11H15NO4/c1-9(2)4-3-10(7(13)14)5(9)6(10)11(4,12)8(15)16/h4-6H,3,12H2,1-2H3,(H,13,14)(H,15,16). The van der Waals surface area contributed by atoms with E-state index in [1.807, 2.05) is 13.8 Å². The van der Waals surface area contributed by atoms with Crippen LogP contribution in [0.3, 0.4) is 0 Å². The molecule has 0 aromatic rings. The van der Waals surface area contributed by atoms with Gasteiger partial charge in [-0.1, -0.05) is 13.8 Å². The molecule has 4 saturated carbocycles. The van der Waals surface area contributed by atoms with Gasteiger partial charge in [-0.05, 0) is 23.7 Å². The smallest absolute Gasteiger partial charge is 0.324 e. The summed E-state index contributed by atoms with van der Waals surface area (Å²) in [7, 11) is 0. The summed E-state index contributed by atoms with van der Waals surface area (Å²) in [5, 5.41) is 18.6. The topological polar surface area (TPSA) is 101 Å². The minimum atomic E-state index is -1.33. The Kier molecular flexibility index (Phi) is 1.35. The lowest BCUT2D eigenvalue weighted by Gasteiger charge is -2.31. The molecule has 0 heterocycles. The van der Waals surface area contributed by atoms with Crippen LogP contribution in [-0.4, -0.2) is 27.7 Å². The number of hydrogen-bond acceptors (Lipinski definition) is 3. The largest absolute Gasteiger partial charge is 0.481 e. The Hall–Kier alpha value is -1.10. The van der Waals surface area contributed by atoms with Crippen molar-refractivity contribution in [1.29, 1.82) is 0 Å². The molecule has 0 saturated heterocycles. The lowest BCUT2D eigenvalue weighted by atomic mass is 9.76. The molecule has 4 aliphatic carbocycles. The van der Waals surface area contributed by atoms with Crippen LogP contribution in [0.4, 0.5) is 0 Å². The van der Waals surface area contributed by atoms with Gasteiger partial charge in [0.1, 0.15) is 5.54 Å². The summed E-state index contributed by atoms with van der Waals surface area (Å²) in [6.07, 6.45) is 0.424. The zero-order valence-electron chi connectivity index (χ0n) is 9.23. The summed E-state index contributed by atoms with van der Waals surface area (Å²) in [5.74, 6) is -2.58. The molecule has 88 valence electrons. The van der Waals surface area contributed by atoms with E-state index in [4.69, 9.17) is 5.73 Å². The van der Waals surface area contributed by atoms with Gasteiger partial charge < -0.3 is 15.9 Å². The Labute approximate surface area is 92.6 Å². The molecular weight excluding hydrogens is 210 g/mol. The van der Waals surface area contributed by atoms with Gasteiger partial charge in [0.05, 0.1) is 5.41 Å². The number of rotatable bonds is 2. The predicted molar refractivity (Wildman–Crippen MR) is 53.5 cm³/mol. The molecule has 0 aromatic carbocycles. The van der Waals surface area contributed by atoms with Crippen LogP contribution >= 0.6 is 0 Å². The van der Waals surface area contributed by atoms with E-state index in [9.17, 15) is 19.8 Å². The molecule has 5 heteroatoms. The Balaban J connectivity index is 2.16. The van der Waals surface area contributed by atoms with Crippen molar-refractivity contribution in [1.82, 2.24) is 0 Å². The molecule has 4 bridgehead atoms. The number of carboxylic acids is 2. The normalized spacial score (nSPS) is 55.1. The lowest BCUT2D eigenvalue weighted by molar-refractivity contribution is -0.146. The van der Waals surface area contributed by atoms with Gasteiger partial charge in [0, 0.05) is 5.92 Å². The number of aliphatic carboxylic acids is 2. The second-order valence-electron chi connectivity index (χ2n) is 6.12. The van der Waals surface area contributed by atoms with Gasteiger partial charge in [0.15, 0.2) is 0 Å². The minimum Gasteiger partial charge on any atom is -0.481 e. The summed E-state index contributed by atoms with van der Waals surface area (Å²) >= 11 is 0. The van der Waals surface area contributed by atoms with E-state index in [1.165, 1.54) is 0 Å². The zero-order chi connectivity index (χ0) is 12.1. The molecule has 0 aliphatic heterocycles. The van der Waals surface area contributed by atoms with Crippen LogP contribution in [0.1, 0.15) is 20.3 Å². The van der Waals surface area contributed by atoms with E-state index in [-0.39, 0.29) is 23.2 Å². The lowest BCUT2D eigenvalue weighted by Crippen LogP contribution is -2.53. The van der Waals surface area contributed by atoms with Crippen LogP contribution in [-0.2, 0) is 9.59 Å². The van der Waals surface area contributed by atoms with Crippen molar-refractivity contribution in [2.75, 3.05) is 0 Å². The molecule has 16 heavy (non-hydrogen) atoms. The van der Waals surface area contributed by atoms with Crippen LogP contribution < -0.4 is 5.73 Å². The number of nitrogens with two attached hydrogens (primary N) is 1. The van der Waals surface area contributed by atoms with Crippen molar-refractivity contribution in [3.05, 3.63) is 0 Å². The third kappa shape index (κ3) is 0.629. The SMILES string of the molecule is CC1(C)C2CC3(C(=O)O)C1C3C2(N)C(=O)O. The summed E-state index contributed by atoms with van der Waals surface area (Å²) in [6, 6.07) is 0. The first-order chi connectivity index (χ1) is 7.21. The third-order valence-corrected chi connectivity index (χ3v) is 5.44. The zero-order valence-corrected chi connectivity index (χ0v) is 9.23. The van der Waals surface area contributed by atoms with Crippen molar-refractivity contribution in [3.63, 3.8) is 0 Å². The molecule has 4 fully saturated rings. The Morgan fingerprint density at radius 2 is 1.75 bits per heavy atom. The van der Waals surface area contributed by atoms with E-state index in [2.05, 4.69) is 0 Å². The second kappa shape index (κ2) is 2.14. The van der Waals surface area contributed by atoms with Gasteiger partial charge in [0.2, 0.25) is 0 Å². The molecule has 4 N–H and O–H groups in total. The first-order valence-electron chi connectivity index (χ1n) is 5.47. The highest BCUT2D eigenvalue weighted by Crippen LogP contribution is 2.87. The van der Waals surface area contributed by atoms with Crippen molar-refractivity contribution < 1.29 is 19.8 Å². The summed E-state index contributed by atoms with van der Waals surface area (Å²) in [6.45, 7) is 3.90. The molecule has 0 spiro atoms. The minimum absolute atomic E-state index is 0.0661. The molecule has 4 rings (SSSR count). The fourth-order valence-corrected chi connectivity index (χ4v) is 4.94. The summed E-state index contributed by atoms with van der Waals surface area (Å²) in [4.78, 5) is 22.7. The Morgan fingerprint density at radius 3 is 2.00 bits per heavy atom. The van der Waals surface area contributed by atoms with Crippen LogP contribution in [0, 0.1) is 28.6 Å². The van der Waals surface area contributed by atoms with Gasteiger partial charge in [-0.15, -0.1) is 0 Å². The van der Waals surface area contributed by atoms with Gasteiger partial charge in [-0.25, -0.2) is 0 Å². The van der Waals surface area contributed by atoms with Gasteiger partial charge in [0.25, 0.3) is 0 Å². The second-order valence-corrected chi connectivity index (χ2v) is 6.12. The first-order valence-corrected chi connectivity index (χ1v) is 5.47. The van der Waals surface area contributed by atoms with Crippen molar-refractivity contribution in [2.45, 2.75) is 25.8 Å². The van der Waals surface area contributed by atoms with E-state index in [1.54, 1.807) is 0 Å². The van der Waals surface area contributed by atoms with Crippen LogP contribution in [0.2, 0.25) is 0 Å².